The average Bonchev–Trinajstić information content (AvgIpc) is 3.42. The fraction of sp³-hybridized carbons (Fsp3) is 0.500. The maximum Gasteiger partial charge on any atom is 0.410 e. The number of likely N-dealkylation sites (tertiary alicyclic amines) is 1. The summed E-state index contributed by atoms with van der Waals surface area (Å²) < 4.78 is 18.5. The highest BCUT2D eigenvalue weighted by molar-refractivity contribution is 5.94. The molecule has 242 valence electrons. The van der Waals surface area contributed by atoms with Crippen molar-refractivity contribution in [1.29, 1.82) is 0 Å². The molecule has 2 amide bonds. The van der Waals surface area contributed by atoms with E-state index < -0.39 is 29.6 Å². The number of esters is 1. The average molecular weight is 620 g/mol. The zero-order valence-corrected chi connectivity index (χ0v) is 27.4. The Morgan fingerprint density at radius 3 is 2.33 bits per heavy atom. The van der Waals surface area contributed by atoms with E-state index in [-0.39, 0.29) is 37.2 Å². The van der Waals surface area contributed by atoms with Crippen LogP contribution in [0.5, 0.6) is 0 Å². The molecule has 45 heavy (non-hydrogen) atoms. The Morgan fingerprint density at radius 2 is 1.69 bits per heavy atom. The Hall–Kier alpha value is -4.25. The van der Waals surface area contributed by atoms with Crippen molar-refractivity contribution < 1.29 is 28.6 Å². The SMILES string of the molecule is COC(=O)[C@@H]1C[C@H](N(CC(C)C)C(=O)c2nnn(-c3ccccc3C)c2COCc2ccccc2)CN(C(=O)OC(C)(C)C)C1. The van der Waals surface area contributed by atoms with E-state index in [1.165, 1.54) is 12.0 Å². The number of piperidine rings is 1. The monoisotopic (exact) mass is 619 g/mol. The normalized spacial score (nSPS) is 16.8. The lowest BCUT2D eigenvalue weighted by molar-refractivity contribution is -0.148. The molecule has 2 heterocycles. The van der Waals surface area contributed by atoms with Gasteiger partial charge in [-0.05, 0) is 57.2 Å². The second-order valence-corrected chi connectivity index (χ2v) is 12.9. The summed E-state index contributed by atoms with van der Waals surface area (Å²) in [7, 11) is 1.33. The van der Waals surface area contributed by atoms with Crippen molar-refractivity contribution in [3.8, 4) is 5.69 Å². The van der Waals surface area contributed by atoms with Crippen LogP contribution in [0.3, 0.4) is 0 Å². The Labute approximate surface area is 265 Å². The molecule has 0 N–H and O–H groups in total. The molecule has 0 bridgehead atoms. The van der Waals surface area contributed by atoms with Gasteiger partial charge >= 0.3 is 12.1 Å². The van der Waals surface area contributed by atoms with Crippen LogP contribution in [0.2, 0.25) is 0 Å². The van der Waals surface area contributed by atoms with Crippen molar-refractivity contribution in [2.75, 3.05) is 26.7 Å². The summed E-state index contributed by atoms with van der Waals surface area (Å²) in [5.41, 5.74) is 2.71. The van der Waals surface area contributed by atoms with Gasteiger partial charge in [0.25, 0.3) is 5.91 Å². The van der Waals surface area contributed by atoms with Crippen LogP contribution >= 0.6 is 0 Å². The summed E-state index contributed by atoms with van der Waals surface area (Å²) in [5, 5.41) is 8.82. The first-order chi connectivity index (χ1) is 21.4. The van der Waals surface area contributed by atoms with Crippen LogP contribution in [0.1, 0.15) is 68.3 Å². The number of methoxy groups -OCH3 is 1. The van der Waals surface area contributed by atoms with E-state index in [1.54, 1.807) is 30.4 Å². The number of carbonyl (C=O) groups is 3. The number of aryl methyl sites for hydroxylation is 1. The summed E-state index contributed by atoms with van der Waals surface area (Å²) in [4.78, 5) is 43.7. The zero-order valence-electron chi connectivity index (χ0n) is 27.4. The van der Waals surface area contributed by atoms with Crippen molar-refractivity contribution in [2.24, 2.45) is 11.8 Å². The number of amides is 2. The van der Waals surface area contributed by atoms with Gasteiger partial charge < -0.3 is 24.0 Å². The van der Waals surface area contributed by atoms with E-state index >= 15 is 0 Å². The standard InChI is InChI=1S/C34H45N5O6/c1-23(2)18-38(27-17-26(32(41)43-7)19-37(20-27)33(42)45-34(4,5)6)31(40)30-29(22-44-21-25-14-9-8-10-15-25)39(36-35-30)28-16-12-11-13-24(28)3/h8-16,23,26-27H,17-22H2,1-7H3/t26-,27+/m1/s1. The fourth-order valence-electron chi connectivity index (χ4n) is 5.47. The Bertz CT molecular complexity index is 1470. The Kier molecular flexibility index (Phi) is 11.0. The topological polar surface area (TPSA) is 116 Å². The molecule has 0 spiro atoms. The quantitative estimate of drug-likeness (QED) is 0.285. The third-order valence-electron chi connectivity index (χ3n) is 7.54. The van der Waals surface area contributed by atoms with E-state index in [0.29, 0.717) is 25.3 Å². The number of benzene rings is 2. The van der Waals surface area contributed by atoms with E-state index in [0.717, 1.165) is 16.8 Å². The van der Waals surface area contributed by atoms with Crippen molar-refractivity contribution in [2.45, 2.75) is 72.8 Å². The molecular weight excluding hydrogens is 574 g/mol. The lowest BCUT2D eigenvalue weighted by atomic mass is 9.92. The summed E-state index contributed by atoms with van der Waals surface area (Å²) >= 11 is 0. The number of para-hydroxylation sites is 1. The number of carbonyl (C=O) groups excluding carboxylic acids is 3. The fourth-order valence-corrected chi connectivity index (χ4v) is 5.47. The maximum absolute atomic E-state index is 14.5. The third kappa shape index (κ3) is 8.69. The molecule has 3 aromatic rings. The summed E-state index contributed by atoms with van der Waals surface area (Å²) in [6.45, 7) is 12.5. The van der Waals surface area contributed by atoms with Gasteiger partial charge in [0, 0.05) is 19.6 Å². The largest absolute Gasteiger partial charge is 0.469 e. The van der Waals surface area contributed by atoms with Gasteiger partial charge in [0.05, 0.1) is 38.0 Å². The molecule has 0 unspecified atom stereocenters. The van der Waals surface area contributed by atoms with Gasteiger partial charge in [-0.2, -0.15) is 0 Å². The minimum Gasteiger partial charge on any atom is -0.469 e. The molecule has 0 aliphatic carbocycles. The van der Waals surface area contributed by atoms with Crippen LogP contribution in [0.15, 0.2) is 54.6 Å². The molecule has 2 atom stereocenters. The van der Waals surface area contributed by atoms with Crippen LogP contribution in [-0.2, 0) is 32.2 Å². The van der Waals surface area contributed by atoms with Crippen molar-refractivity contribution in [1.82, 2.24) is 24.8 Å². The predicted octanol–water partition coefficient (Wildman–Crippen LogP) is 5.19. The second kappa shape index (κ2) is 14.7. The highest BCUT2D eigenvalue weighted by atomic mass is 16.6. The van der Waals surface area contributed by atoms with Crippen molar-refractivity contribution >= 4 is 18.0 Å². The van der Waals surface area contributed by atoms with Crippen molar-refractivity contribution in [3.63, 3.8) is 0 Å². The Morgan fingerprint density at radius 1 is 1.00 bits per heavy atom. The number of hydrogen-bond acceptors (Lipinski definition) is 8. The summed E-state index contributed by atoms with van der Waals surface area (Å²) in [6.07, 6.45) is -0.213. The summed E-state index contributed by atoms with van der Waals surface area (Å²) in [6, 6.07) is 17.0. The number of rotatable bonds is 10. The van der Waals surface area contributed by atoms with Gasteiger partial charge in [-0.25, -0.2) is 9.48 Å². The molecule has 0 saturated carbocycles. The van der Waals surface area contributed by atoms with Gasteiger partial charge in [0.15, 0.2) is 5.69 Å². The lowest BCUT2D eigenvalue weighted by Gasteiger charge is -2.42. The molecule has 1 aliphatic rings. The molecule has 2 aromatic carbocycles. The molecule has 1 aliphatic heterocycles. The van der Waals surface area contributed by atoms with Gasteiger partial charge in [-0.1, -0.05) is 67.6 Å². The first-order valence-electron chi connectivity index (χ1n) is 15.4. The molecule has 11 nitrogen and oxygen atoms in total. The highest BCUT2D eigenvalue weighted by Gasteiger charge is 2.41. The van der Waals surface area contributed by atoms with Crippen LogP contribution in [0.4, 0.5) is 4.79 Å². The molecule has 4 rings (SSSR count). The lowest BCUT2D eigenvalue weighted by Crippen LogP contribution is -2.57. The van der Waals surface area contributed by atoms with Gasteiger partial charge in [0.2, 0.25) is 0 Å². The van der Waals surface area contributed by atoms with Crippen LogP contribution in [-0.4, -0.2) is 81.2 Å². The number of aromatic nitrogens is 3. The smallest absolute Gasteiger partial charge is 0.410 e. The number of hydrogen-bond donors (Lipinski definition) is 0. The number of ether oxygens (including phenoxy) is 3. The minimum absolute atomic E-state index is 0.0895. The van der Waals surface area contributed by atoms with Crippen LogP contribution in [0.25, 0.3) is 5.69 Å². The molecule has 11 heteroatoms. The highest BCUT2D eigenvalue weighted by Crippen LogP contribution is 2.27. The molecular formula is C34H45N5O6. The van der Waals surface area contributed by atoms with E-state index in [2.05, 4.69) is 10.3 Å². The summed E-state index contributed by atoms with van der Waals surface area (Å²) in [5.74, 6) is -1.32. The van der Waals surface area contributed by atoms with E-state index in [4.69, 9.17) is 14.2 Å². The van der Waals surface area contributed by atoms with Crippen molar-refractivity contribution in [3.05, 3.63) is 77.1 Å². The second-order valence-electron chi connectivity index (χ2n) is 12.9. The minimum atomic E-state index is -0.721. The molecule has 0 radical (unpaired) electrons. The van der Waals surface area contributed by atoms with Crippen LogP contribution < -0.4 is 0 Å². The predicted molar refractivity (Wildman–Crippen MR) is 169 cm³/mol. The van der Waals surface area contributed by atoms with Gasteiger partial charge in [-0.3, -0.25) is 9.59 Å². The third-order valence-corrected chi connectivity index (χ3v) is 7.54. The molecule has 1 fully saturated rings. The van der Waals surface area contributed by atoms with E-state index in [9.17, 15) is 14.4 Å². The molecule has 1 aromatic heterocycles. The zero-order chi connectivity index (χ0) is 32.7. The van der Waals surface area contributed by atoms with Gasteiger partial charge in [0.1, 0.15) is 11.3 Å². The van der Waals surface area contributed by atoms with E-state index in [1.807, 2.05) is 75.4 Å². The number of nitrogens with zero attached hydrogens (tertiary/aromatic N) is 5. The Balaban J connectivity index is 1.70. The molecule has 1 saturated heterocycles. The first kappa shape index (κ1) is 33.6. The maximum atomic E-state index is 14.5. The van der Waals surface area contributed by atoms with Crippen LogP contribution in [0, 0.1) is 18.8 Å². The first-order valence-corrected chi connectivity index (χ1v) is 15.4. The van der Waals surface area contributed by atoms with Gasteiger partial charge in [-0.15, -0.1) is 5.10 Å².